The van der Waals surface area contributed by atoms with Gasteiger partial charge in [0.15, 0.2) is 11.6 Å². The number of para-hydroxylation sites is 1. The van der Waals surface area contributed by atoms with Crippen LogP contribution in [-0.4, -0.2) is 44.7 Å². The molecule has 0 radical (unpaired) electrons. The van der Waals surface area contributed by atoms with E-state index in [4.69, 9.17) is 9.47 Å². The number of ether oxygens (including phenoxy) is 2. The molecule has 3 aromatic rings. The molecule has 0 aliphatic heterocycles. The molecule has 0 saturated carbocycles. The van der Waals surface area contributed by atoms with Gasteiger partial charge < -0.3 is 14.8 Å². The number of nitrogens with one attached hydrogen (secondary N) is 1. The number of benzene rings is 3. The third-order valence-electron chi connectivity index (χ3n) is 4.87. The van der Waals surface area contributed by atoms with Crippen molar-refractivity contribution in [1.29, 1.82) is 0 Å². The van der Waals surface area contributed by atoms with Gasteiger partial charge in [-0.1, -0.05) is 54.6 Å². The number of carbonyl (C=O) groups is 1. The van der Waals surface area contributed by atoms with E-state index in [1.54, 1.807) is 25.3 Å². The Kier molecular flexibility index (Phi) is 8.01. The van der Waals surface area contributed by atoms with E-state index >= 15 is 0 Å². The summed E-state index contributed by atoms with van der Waals surface area (Å²) in [7, 11) is 3.45. The Morgan fingerprint density at radius 3 is 2.29 bits per heavy atom. The minimum absolute atomic E-state index is 0.113. The zero-order valence-corrected chi connectivity index (χ0v) is 17.8. The Hall–Kier alpha value is -3.38. The summed E-state index contributed by atoms with van der Waals surface area (Å²) < 4.78 is 24.3. The fraction of sp³-hybridized carbons (Fsp3) is 0.240. The molecule has 1 N–H and O–H groups in total. The lowest BCUT2D eigenvalue weighted by molar-refractivity contribution is -0.122. The van der Waals surface area contributed by atoms with E-state index in [9.17, 15) is 9.18 Å². The largest absolute Gasteiger partial charge is 0.497 e. The number of carbonyl (C=O) groups excluding carboxylic acids is 1. The highest BCUT2D eigenvalue weighted by molar-refractivity contribution is 5.79. The average Bonchev–Trinajstić information content (AvgIpc) is 2.79. The van der Waals surface area contributed by atoms with E-state index in [2.05, 4.69) is 5.32 Å². The van der Waals surface area contributed by atoms with Crippen molar-refractivity contribution in [1.82, 2.24) is 10.2 Å². The van der Waals surface area contributed by atoms with Crippen LogP contribution in [0.1, 0.15) is 17.2 Å². The van der Waals surface area contributed by atoms with Crippen LogP contribution in [0.15, 0.2) is 78.9 Å². The van der Waals surface area contributed by atoms with Gasteiger partial charge in [0.25, 0.3) is 0 Å². The molecule has 0 aliphatic rings. The number of nitrogens with zero attached hydrogens (tertiary/aromatic N) is 1. The number of hydrogen-bond donors (Lipinski definition) is 1. The van der Waals surface area contributed by atoms with E-state index < -0.39 is 5.82 Å². The molecule has 31 heavy (non-hydrogen) atoms. The predicted octanol–water partition coefficient (Wildman–Crippen LogP) is 4.05. The lowest BCUT2D eigenvalue weighted by Crippen LogP contribution is -2.39. The van der Waals surface area contributed by atoms with Crippen LogP contribution in [0.2, 0.25) is 0 Å². The number of hydrogen-bond acceptors (Lipinski definition) is 4. The fourth-order valence-electron chi connectivity index (χ4n) is 3.21. The lowest BCUT2D eigenvalue weighted by Gasteiger charge is -2.22. The SMILES string of the molecule is COc1ccc([C@H](NC(=O)CN(C)CCOc2ccccc2F)c2ccccc2)cc1. The monoisotopic (exact) mass is 422 g/mol. The van der Waals surface area contributed by atoms with Gasteiger partial charge in [0, 0.05) is 6.54 Å². The van der Waals surface area contributed by atoms with Crippen molar-refractivity contribution in [3.05, 3.63) is 95.8 Å². The van der Waals surface area contributed by atoms with Gasteiger partial charge in [0.1, 0.15) is 12.4 Å². The maximum atomic E-state index is 13.6. The van der Waals surface area contributed by atoms with Crippen LogP contribution in [0.25, 0.3) is 0 Å². The van der Waals surface area contributed by atoms with Crippen LogP contribution in [0.5, 0.6) is 11.5 Å². The highest BCUT2D eigenvalue weighted by Gasteiger charge is 2.18. The molecule has 5 nitrogen and oxygen atoms in total. The van der Waals surface area contributed by atoms with Gasteiger partial charge in [-0.15, -0.1) is 0 Å². The van der Waals surface area contributed by atoms with Gasteiger partial charge in [-0.25, -0.2) is 4.39 Å². The molecule has 6 heteroatoms. The van der Waals surface area contributed by atoms with Crippen molar-refractivity contribution in [3.63, 3.8) is 0 Å². The van der Waals surface area contributed by atoms with Crippen molar-refractivity contribution in [2.45, 2.75) is 6.04 Å². The van der Waals surface area contributed by atoms with Crippen LogP contribution in [0, 0.1) is 5.82 Å². The molecule has 0 aliphatic carbocycles. The topological polar surface area (TPSA) is 50.8 Å². The van der Waals surface area contributed by atoms with Crippen molar-refractivity contribution < 1.29 is 18.7 Å². The van der Waals surface area contributed by atoms with Gasteiger partial charge in [0.05, 0.1) is 19.7 Å². The summed E-state index contributed by atoms with van der Waals surface area (Å²) in [5.74, 6) is 0.464. The molecule has 0 spiro atoms. The third-order valence-corrected chi connectivity index (χ3v) is 4.87. The smallest absolute Gasteiger partial charge is 0.234 e. The van der Waals surface area contributed by atoms with Gasteiger partial charge >= 0.3 is 0 Å². The van der Waals surface area contributed by atoms with Crippen molar-refractivity contribution in [2.24, 2.45) is 0 Å². The van der Waals surface area contributed by atoms with E-state index in [1.165, 1.54) is 6.07 Å². The zero-order valence-electron chi connectivity index (χ0n) is 17.8. The van der Waals surface area contributed by atoms with E-state index in [0.29, 0.717) is 6.54 Å². The molecule has 1 amide bonds. The van der Waals surface area contributed by atoms with Crippen LogP contribution >= 0.6 is 0 Å². The number of rotatable bonds is 10. The molecule has 3 rings (SSSR count). The molecular formula is C25H27FN2O3. The second kappa shape index (κ2) is 11.1. The van der Waals surface area contributed by atoms with Crippen LogP contribution in [0.3, 0.4) is 0 Å². The molecule has 0 saturated heterocycles. The summed E-state index contributed by atoms with van der Waals surface area (Å²) in [6, 6.07) is 23.5. The Bertz CT molecular complexity index is 964. The maximum absolute atomic E-state index is 13.6. The predicted molar refractivity (Wildman–Crippen MR) is 119 cm³/mol. The zero-order chi connectivity index (χ0) is 22.1. The Labute approximate surface area is 182 Å². The van der Waals surface area contributed by atoms with E-state index in [-0.39, 0.29) is 30.9 Å². The average molecular weight is 422 g/mol. The summed E-state index contributed by atoms with van der Waals surface area (Å²) in [5, 5.41) is 3.11. The molecule has 0 heterocycles. The maximum Gasteiger partial charge on any atom is 0.234 e. The normalized spacial score (nSPS) is 11.7. The first kappa shape index (κ1) is 22.3. The van der Waals surface area contributed by atoms with Crippen LogP contribution in [-0.2, 0) is 4.79 Å². The minimum Gasteiger partial charge on any atom is -0.497 e. The second-order valence-electron chi connectivity index (χ2n) is 7.20. The third kappa shape index (κ3) is 6.55. The van der Waals surface area contributed by atoms with Crippen molar-refractivity contribution in [2.75, 3.05) is 33.9 Å². The Morgan fingerprint density at radius 2 is 1.61 bits per heavy atom. The minimum atomic E-state index is -0.395. The number of methoxy groups -OCH3 is 1. The molecule has 0 unspecified atom stereocenters. The quantitative estimate of drug-likeness (QED) is 0.536. The molecule has 3 aromatic carbocycles. The number of halogens is 1. The van der Waals surface area contributed by atoms with Gasteiger partial charge in [0.2, 0.25) is 5.91 Å². The van der Waals surface area contributed by atoms with E-state index in [1.807, 2.05) is 66.5 Å². The van der Waals surface area contributed by atoms with Gasteiger partial charge in [-0.3, -0.25) is 9.69 Å². The van der Waals surface area contributed by atoms with Crippen LogP contribution in [0.4, 0.5) is 4.39 Å². The summed E-state index contributed by atoms with van der Waals surface area (Å²) in [4.78, 5) is 14.6. The highest BCUT2D eigenvalue weighted by atomic mass is 19.1. The van der Waals surface area contributed by atoms with Crippen molar-refractivity contribution in [3.8, 4) is 11.5 Å². The first-order valence-electron chi connectivity index (χ1n) is 10.1. The molecular weight excluding hydrogens is 395 g/mol. The molecule has 0 fully saturated rings. The Balaban J connectivity index is 1.58. The van der Waals surface area contributed by atoms with Gasteiger partial charge in [-0.2, -0.15) is 0 Å². The summed E-state index contributed by atoms with van der Waals surface area (Å²) in [6.45, 7) is 0.964. The summed E-state index contributed by atoms with van der Waals surface area (Å²) >= 11 is 0. The second-order valence-corrected chi connectivity index (χ2v) is 7.20. The van der Waals surface area contributed by atoms with Gasteiger partial charge in [-0.05, 0) is 42.4 Å². The molecule has 0 bridgehead atoms. The number of likely N-dealkylation sites (N-methyl/N-ethyl adjacent to an activating group) is 1. The summed E-state index contributed by atoms with van der Waals surface area (Å²) in [5.41, 5.74) is 1.96. The molecule has 162 valence electrons. The number of amides is 1. The first-order chi connectivity index (χ1) is 15.1. The van der Waals surface area contributed by atoms with E-state index in [0.717, 1.165) is 16.9 Å². The van der Waals surface area contributed by atoms with Crippen molar-refractivity contribution >= 4 is 5.91 Å². The van der Waals surface area contributed by atoms with Crippen LogP contribution < -0.4 is 14.8 Å². The summed E-state index contributed by atoms with van der Waals surface area (Å²) in [6.07, 6.45) is 0. The Morgan fingerprint density at radius 1 is 0.968 bits per heavy atom. The lowest BCUT2D eigenvalue weighted by atomic mass is 9.98. The molecule has 0 aromatic heterocycles. The highest BCUT2D eigenvalue weighted by Crippen LogP contribution is 2.24. The first-order valence-corrected chi connectivity index (χ1v) is 10.1. The molecule has 1 atom stereocenters. The fourth-order valence-corrected chi connectivity index (χ4v) is 3.21. The standard InChI is InChI=1S/C25H27FN2O3/c1-28(16-17-31-23-11-7-6-10-22(23)26)18-24(29)27-25(19-8-4-3-5-9-19)20-12-14-21(30-2)15-13-20/h3-15,25H,16-18H2,1-2H3,(H,27,29)/t25-/m1/s1.